The molecule has 1 saturated carbocycles. The van der Waals surface area contributed by atoms with Crippen molar-refractivity contribution in [3.63, 3.8) is 0 Å². The molecule has 5 heteroatoms. The quantitative estimate of drug-likeness (QED) is 0.673. The van der Waals surface area contributed by atoms with Crippen molar-refractivity contribution in [2.24, 2.45) is 16.8 Å². The van der Waals surface area contributed by atoms with Crippen LogP contribution < -0.4 is 0 Å². The lowest BCUT2D eigenvalue weighted by Crippen LogP contribution is -2.44. The van der Waals surface area contributed by atoms with Crippen molar-refractivity contribution in [1.82, 2.24) is 4.90 Å². The van der Waals surface area contributed by atoms with Gasteiger partial charge < -0.3 is 9.89 Å². The van der Waals surface area contributed by atoms with E-state index in [-0.39, 0.29) is 24.8 Å². The minimum Gasteiger partial charge on any atom is -0.306 e. The Morgan fingerprint density at radius 3 is 2.31 bits per heavy atom. The third-order valence-corrected chi connectivity index (χ3v) is 3.34. The molecular formula is C11H19F3N2. The van der Waals surface area contributed by atoms with Gasteiger partial charge in [-0.05, 0) is 33.4 Å². The van der Waals surface area contributed by atoms with Gasteiger partial charge in [0.15, 0.2) is 0 Å². The summed E-state index contributed by atoms with van der Waals surface area (Å²) in [6.07, 6.45) is -1.28. The van der Waals surface area contributed by atoms with Crippen LogP contribution in [0.3, 0.4) is 0 Å². The average Bonchev–Trinajstić information content (AvgIpc) is 2.16. The molecular weight excluding hydrogens is 217 g/mol. The topological polar surface area (TPSA) is 15.6 Å². The SMILES string of the molecule is CN=CC1CC[C@@H](C(F)(F)F)C[C@@H]1N(C)C. The highest BCUT2D eigenvalue weighted by Gasteiger charge is 2.44. The molecule has 16 heavy (non-hydrogen) atoms. The summed E-state index contributed by atoms with van der Waals surface area (Å²) in [6, 6.07) is -0.0518. The fourth-order valence-electron chi connectivity index (χ4n) is 2.43. The Bertz CT molecular complexity index is 248. The van der Waals surface area contributed by atoms with Gasteiger partial charge in [-0.3, -0.25) is 0 Å². The normalized spacial score (nSPS) is 32.6. The first-order valence-corrected chi connectivity index (χ1v) is 5.51. The molecule has 1 aliphatic carbocycles. The summed E-state index contributed by atoms with van der Waals surface area (Å²) in [5.74, 6) is -1.000. The van der Waals surface area contributed by atoms with Crippen LogP contribution in [0.15, 0.2) is 4.99 Å². The first-order chi connectivity index (χ1) is 7.36. The number of hydrogen-bond donors (Lipinski definition) is 0. The Hall–Kier alpha value is -0.580. The average molecular weight is 236 g/mol. The minimum atomic E-state index is -4.05. The van der Waals surface area contributed by atoms with E-state index in [2.05, 4.69) is 4.99 Å². The molecule has 0 spiro atoms. The number of halogens is 3. The van der Waals surface area contributed by atoms with E-state index in [1.807, 2.05) is 19.0 Å². The molecule has 0 amide bonds. The predicted molar refractivity (Wildman–Crippen MR) is 58.8 cm³/mol. The number of aliphatic imine (C=N–C) groups is 1. The molecule has 1 rings (SSSR count). The summed E-state index contributed by atoms with van der Waals surface area (Å²) in [5.41, 5.74) is 0. The van der Waals surface area contributed by atoms with E-state index in [0.29, 0.717) is 6.42 Å². The fraction of sp³-hybridized carbons (Fsp3) is 0.909. The van der Waals surface area contributed by atoms with E-state index < -0.39 is 12.1 Å². The van der Waals surface area contributed by atoms with Crippen LogP contribution in [0.25, 0.3) is 0 Å². The van der Waals surface area contributed by atoms with Gasteiger partial charge in [-0.1, -0.05) is 0 Å². The van der Waals surface area contributed by atoms with Gasteiger partial charge in [0.1, 0.15) is 0 Å². The minimum absolute atomic E-state index is 0.0518. The maximum atomic E-state index is 12.6. The Morgan fingerprint density at radius 2 is 1.88 bits per heavy atom. The van der Waals surface area contributed by atoms with E-state index >= 15 is 0 Å². The lowest BCUT2D eigenvalue weighted by atomic mass is 9.78. The molecule has 0 aromatic rings. The zero-order valence-electron chi connectivity index (χ0n) is 9.96. The van der Waals surface area contributed by atoms with Gasteiger partial charge >= 0.3 is 6.18 Å². The van der Waals surface area contributed by atoms with Gasteiger partial charge in [0.25, 0.3) is 0 Å². The smallest absolute Gasteiger partial charge is 0.306 e. The van der Waals surface area contributed by atoms with Gasteiger partial charge in [-0.15, -0.1) is 0 Å². The Labute approximate surface area is 94.5 Å². The molecule has 0 aromatic heterocycles. The maximum absolute atomic E-state index is 12.6. The molecule has 94 valence electrons. The van der Waals surface area contributed by atoms with Crippen LogP contribution in [0, 0.1) is 11.8 Å². The molecule has 0 saturated heterocycles. The van der Waals surface area contributed by atoms with Crippen molar-refractivity contribution < 1.29 is 13.2 Å². The molecule has 0 aromatic carbocycles. The van der Waals surface area contributed by atoms with Crippen molar-refractivity contribution >= 4 is 6.21 Å². The van der Waals surface area contributed by atoms with Crippen molar-refractivity contribution in [3.05, 3.63) is 0 Å². The summed E-state index contributed by atoms with van der Waals surface area (Å²) in [4.78, 5) is 5.83. The van der Waals surface area contributed by atoms with Gasteiger partial charge in [-0.25, -0.2) is 0 Å². The third-order valence-electron chi connectivity index (χ3n) is 3.34. The summed E-state index contributed by atoms with van der Waals surface area (Å²) < 4.78 is 37.9. The van der Waals surface area contributed by atoms with Crippen molar-refractivity contribution in [3.8, 4) is 0 Å². The Balaban J connectivity index is 2.72. The number of nitrogens with zero attached hydrogens (tertiary/aromatic N) is 2. The van der Waals surface area contributed by atoms with E-state index in [0.717, 1.165) is 0 Å². The third kappa shape index (κ3) is 3.20. The molecule has 2 nitrogen and oxygen atoms in total. The highest BCUT2D eigenvalue weighted by atomic mass is 19.4. The van der Waals surface area contributed by atoms with Crippen LogP contribution >= 0.6 is 0 Å². The van der Waals surface area contributed by atoms with Crippen LogP contribution in [0.4, 0.5) is 13.2 Å². The number of rotatable bonds is 2. The first-order valence-electron chi connectivity index (χ1n) is 5.51. The van der Waals surface area contributed by atoms with Gasteiger partial charge in [0, 0.05) is 25.2 Å². The Morgan fingerprint density at radius 1 is 1.25 bits per heavy atom. The molecule has 0 radical (unpaired) electrons. The number of alkyl halides is 3. The van der Waals surface area contributed by atoms with Crippen LogP contribution in [-0.2, 0) is 0 Å². The zero-order valence-corrected chi connectivity index (χ0v) is 9.96. The summed E-state index contributed by atoms with van der Waals surface area (Å²) >= 11 is 0. The molecule has 0 bridgehead atoms. The van der Waals surface area contributed by atoms with E-state index in [1.54, 1.807) is 13.3 Å². The van der Waals surface area contributed by atoms with Crippen LogP contribution in [0.2, 0.25) is 0 Å². The van der Waals surface area contributed by atoms with E-state index in [9.17, 15) is 13.2 Å². The molecule has 1 aliphatic rings. The second kappa shape index (κ2) is 5.17. The molecule has 3 atom stereocenters. The van der Waals surface area contributed by atoms with E-state index in [4.69, 9.17) is 0 Å². The second-order valence-corrected chi connectivity index (χ2v) is 4.65. The lowest BCUT2D eigenvalue weighted by molar-refractivity contribution is -0.187. The lowest BCUT2D eigenvalue weighted by Gasteiger charge is -2.38. The van der Waals surface area contributed by atoms with Gasteiger partial charge in [-0.2, -0.15) is 13.2 Å². The maximum Gasteiger partial charge on any atom is 0.391 e. The molecule has 0 aliphatic heterocycles. The summed E-state index contributed by atoms with van der Waals surface area (Å²) in [7, 11) is 5.34. The van der Waals surface area contributed by atoms with Crippen molar-refractivity contribution in [2.45, 2.75) is 31.5 Å². The molecule has 1 fully saturated rings. The Kier molecular flexibility index (Phi) is 4.35. The van der Waals surface area contributed by atoms with Crippen LogP contribution in [0.1, 0.15) is 19.3 Å². The second-order valence-electron chi connectivity index (χ2n) is 4.65. The highest BCUT2D eigenvalue weighted by molar-refractivity contribution is 5.61. The van der Waals surface area contributed by atoms with Crippen molar-refractivity contribution in [2.75, 3.05) is 21.1 Å². The standard InChI is InChI=1S/C11H19F3N2/c1-15-7-8-4-5-9(11(12,13)14)6-10(8)16(2)3/h7-10H,4-6H2,1-3H3/t8?,9-,10+/m1/s1. The van der Waals surface area contributed by atoms with Crippen molar-refractivity contribution in [1.29, 1.82) is 0 Å². The van der Waals surface area contributed by atoms with Gasteiger partial charge in [0.05, 0.1) is 5.92 Å². The monoisotopic (exact) mass is 236 g/mol. The first kappa shape index (κ1) is 13.5. The largest absolute Gasteiger partial charge is 0.391 e. The summed E-state index contributed by atoms with van der Waals surface area (Å²) in [5, 5.41) is 0. The molecule has 0 N–H and O–H groups in total. The molecule has 1 unspecified atom stereocenters. The molecule has 0 heterocycles. The van der Waals surface area contributed by atoms with E-state index in [1.165, 1.54) is 0 Å². The summed E-state index contributed by atoms with van der Waals surface area (Å²) in [6.45, 7) is 0. The highest BCUT2D eigenvalue weighted by Crippen LogP contribution is 2.40. The predicted octanol–water partition coefficient (Wildman–Crippen LogP) is 2.60. The fourth-order valence-corrected chi connectivity index (χ4v) is 2.43. The van der Waals surface area contributed by atoms with Crippen LogP contribution in [0.5, 0.6) is 0 Å². The van der Waals surface area contributed by atoms with Crippen LogP contribution in [-0.4, -0.2) is 44.5 Å². The van der Waals surface area contributed by atoms with Gasteiger partial charge in [0.2, 0.25) is 0 Å². The number of hydrogen-bond acceptors (Lipinski definition) is 2. The zero-order chi connectivity index (χ0) is 12.3.